The molecule has 20 heavy (non-hydrogen) atoms. The van der Waals surface area contributed by atoms with E-state index in [9.17, 15) is 0 Å². The van der Waals surface area contributed by atoms with Crippen LogP contribution in [-0.2, 0) is 4.74 Å². The summed E-state index contributed by atoms with van der Waals surface area (Å²) < 4.78 is 6.65. The highest BCUT2D eigenvalue weighted by Gasteiger charge is 2.29. The SMILES string of the molecule is CCCNCC1CCC(CN2CCSC(C)(C)CC2)O1. The van der Waals surface area contributed by atoms with Crippen LogP contribution < -0.4 is 5.32 Å². The van der Waals surface area contributed by atoms with Crippen LogP contribution in [0.4, 0.5) is 0 Å². The zero-order valence-corrected chi connectivity index (χ0v) is 14.3. The van der Waals surface area contributed by atoms with Crippen molar-refractivity contribution in [1.29, 1.82) is 0 Å². The minimum Gasteiger partial charge on any atom is -0.372 e. The Bertz CT molecular complexity index is 286. The van der Waals surface area contributed by atoms with Crippen LogP contribution in [0.15, 0.2) is 0 Å². The summed E-state index contributed by atoms with van der Waals surface area (Å²) in [4.78, 5) is 2.62. The van der Waals surface area contributed by atoms with Crippen molar-refractivity contribution in [3.8, 4) is 0 Å². The molecule has 4 heteroatoms. The maximum atomic E-state index is 6.19. The van der Waals surface area contributed by atoms with Gasteiger partial charge in [0.15, 0.2) is 0 Å². The van der Waals surface area contributed by atoms with Crippen molar-refractivity contribution in [3.05, 3.63) is 0 Å². The Morgan fingerprint density at radius 2 is 2.05 bits per heavy atom. The summed E-state index contributed by atoms with van der Waals surface area (Å²) >= 11 is 2.12. The molecule has 0 bridgehead atoms. The fraction of sp³-hybridized carbons (Fsp3) is 1.00. The second kappa shape index (κ2) is 8.02. The number of rotatable bonds is 6. The Labute approximate surface area is 129 Å². The number of ether oxygens (including phenoxy) is 1. The Kier molecular flexibility index (Phi) is 6.66. The van der Waals surface area contributed by atoms with Crippen molar-refractivity contribution in [2.24, 2.45) is 0 Å². The molecule has 2 aliphatic heterocycles. The van der Waals surface area contributed by atoms with Crippen molar-refractivity contribution in [2.75, 3.05) is 38.5 Å². The van der Waals surface area contributed by atoms with Crippen molar-refractivity contribution in [3.63, 3.8) is 0 Å². The molecular weight excluding hydrogens is 268 g/mol. The van der Waals surface area contributed by atoms with Gasteiger partial charge in [-0.05, 0) is 38.8 Å². The van der Waals surface area contributed by atoms with Crippen LogP contribution in [0.2, 0.25) is 0 Å². The molecule has 0 aromatic carbocycles. The highest BCUT2D eigenvalue weighted by Crippen LogP contribution is 2.31. The average Bonchev–Trinajstić information content (AvgIpc) is 2.76. The molecule has 0 aliphatic carbocycles. The van der Waals surface area contributed by atoms with E-state index in [0.29, 0.717) is 17.0 Å². The van der Waals surface area contributed by atoms with Crippen LogP contribution in [0.5, 0.6) is 0 Å². The second-order valence-corrected chi connectivity index (χ2v) is 8.62. The molecule has 0 spiro atoms. The lowest BCUT2D eigenvalue weighted by Crippen LogP contribution is -2.35. The molecule has 0 radical (unpaired) electrons. The van der Waals surface area contributed by atoms with Gasteiger partial charge in [0, 0.05) is 30.1 Å². The quantitative estimate of drug-likeness (QED) is 0.762. The van der Waals surface area contributed by atoms with Gasteiger partial charge in [-0.15, -0.1) is 0 Å². The summed E-state index contributed by atoms with van der Waals surface area (Å²) in [6.45, 7) is 12.7. The minimum atomic E-state index is 0.448. The molecular formula is C16H32N2OS. The van der Waals surface area contributed by atoms with Gasteiger partial charge < -0.3 is 10.1 Å². The van der Waals surface area contributed by atoms with Crippen molar-refractivity contribution >= 4 is 11.8 Å². The van der Waals surface area contributed by atoms with E-state index in [-0.39, 0.29) is 0 Å². The molecule has 2 atom stereocenters. The lowest BCUT2D eigenvalue weighted by molar-refractivity contribution is 0.0244. The van der Waals surface area contributed by atoms with E-state index in [1.165, 1.54) is 44.5 Å². The Balaban J connectivity index is 1.67. The van der Waals surface area contributed by atoms with Gasteiger partial charge in [-0.2, -0.15) is 11.8 Å². The van der Waals surface area contributed by atoms with E-state index in [0.717, 1.165) is 19.6 Å². The molecule has 2 fully saturated rings. The van der Waals surface area contributed by atoms with Crippen molar-refractivity contribution < 1.29 is 4.74 Å². The zero-order chi connectivity index (χ0) is 14.4. The van der Waals surface area contributed by atoms with Crippen molar-refractivity contribution in [1.82, 2.24) is 10.2 Å². The molecule has 0 aromatic heterocycles. The lowest BCUT2D eigenvalue weighted by atomic mass is 10.1. The first kappa shape index (κ1) is 16.6. The highest BCUT2D eigenvalue weighted by molar-refractivity contribution is 8.00. The summed E-state index contributed by atoms with van der Waals surface area (Å²) in [6.07, 6.45) is 5.89. The summed E-state index contributed by atoms with van der Waals surface area (Å²) in [5, 5.41) is 3.48. The van der Waals surface area contributed by atoms with Gasteiger partial charge >= 0.3 is 0 Å². The zero-order valence-electron chi connectivity index (χ0n) is 13.5. The lowest BCUT2D eigenvalue weighted by Gasteiger charge is -2.25. The summed E-state index contributed by atoms with van der Waals surface area (Å²) in [5.41, 5.74) is 0. The van der Waals surface area contributed by atoms with Crippen LogP contribution in [0, 0.1) is 0 Å². The van der Waals surface area contributed by atoms with Crippen LogP contribution >= 0.6 is 11.8 Å². The van der Waals surface area contributed by atoms with Crippen molar-refractivity contribution in [2.45, 2.75) is 63.4 Å². The summed E-state index contributed by atoms with van der Waals surface area (Å²) in [6, 6.07) is 0. The molecule has 0 aromatic rings. The topological polar surface area (TPSA) is 24.5 Å². The largest absolute Gasteiger partial charge is 0.372 e. The van der Waals surface area contributed by atoms with Crippen LogP contribution in [0.25, 0.3) is 0 Å². The third kappa shape index (κ3) is 5.55. The van der Waals surface area contributed by atoms with Crippen LogP contribution in [-0.4, -0.2) is 60.3 Å². The van der Waals surface area contributed by atoms with Gasteiger partial charge in [-0.1, -0.05) is 20.8 Å². The standard InChI is InChI=1S/C16H32N2OS/c1-4-8-17-12-14-5-6-15(19-14)13-18-9-7-16(2,3)20-11-10-18/h14-15,17H,4-13H2,1-3H3. The molecule has 0 amide bonds. The third-order valence-electron chi connectivity index (χ3n) is 4.39. The number of nitrogens with one attached hydrogen (secondary N) is 1. The van der Waals surface area contributed by atoms with E-state index in [2.05, 4.69) is 42.7 Å². The molecule has 3 nitrogen and oxygen atoms in total. The predicted octanol–water partition coefficient (Wildman–Crippen LogP) is 2.75. The Hall–Kier alpha value is 0.230. The first-order chi connectivity index (χ1) is 9.59. The fourth-order valence-corrected chi connectivity index (χ4v) is 4.17. The number of hydrogen-bond acceptors (Lipinski definition) is 4. The maximum Gasteiger partial charge on any atom is 0.0707 e. The number of nitrogens with zero attached hydrogens (tertiary/aromatic N) is 1. The smallest absolute Gasteiger partial charge is 0.0707 e. The van der Waals surface area contributed by atoms with Gasteiger partial charge in [0.1, 0.15) is 0 Å². The van der Waals surface area contributed by atoms with Crippen LogP contribution in [0.3, 0.4) is 0 Å². The normalized spacial score (nSPS) is 31.4. The molecule has 2 rings (SSSR count). The summed E-state index contributed by atoms with van der Waals surface area (Å²) in [5.74, 6) is 1.27. The van der Waals surface area contributed by atoms with Gasteiger partial charge in [0.05, 0.1) is 12.2 Å². The Morgan fingerprint density at radius 3 is 2.85 bits per heavy atom. The molecule has 2 heterocycles. The molecule has 2 saturated heterocycles. The van der Waals surface area contributed by atoms with E-state index >= 15 is 0 Å². The maximum absolute atomic E-state index is 6.19. The number of hydrogen-bond donors (Lipinski definition) is 1. The minimum absolute atomic E-state index is 0.448. The number of thioether (sulfide) groups is 1. The van der Waals surface area contributed by atoms with Crippen LogP contribution in [0.1, 0.15) is 46.5 Å². The van der Waals surface area contributed by atoms with E-state index in [4.69, 9.17) is 4.74 Å². The van der Waals surface area contributed by atoms with E-state index in [1.54, 1.807) is 0 Å². The fourth-order valence-electron chi connectivity index (χ4n) is 3.04. The molecule has 0 saturated carbocycles. The molecule has 2 unspecified atom stereocenters. The first-order valence-electron chi connectivity index (χ1n) is 8.31. The molecule has 2 aliphatic rings. The average molecular weight is 301 g/mol. The summed E-state index contributed by atoms with van der Waals surface area (Å²) in [7, 11) is 0. The van der Waals surface area contributed by atoms with Gasteiger partial charge in [0.25, 0.3) is 0 Å². The Morgan fingerprint density at radius 1 is 1.25 bits per heavy atom. The second-order valence-electron chi connectivity index (χ2n) is 6.82. The first-order valence-corrected chi connectivity index (χ1v) is 9.30. The van der Waals surface area contributed by atoms with Gasteiger partial charge in [-0.3, -0.25) is 4.90 Å². The predicted molar refractivity (Wildman–Crippen MR) is 88.6 cm³/mol. The van der Waals surface area contributed by atoms with E-state index < -0.39 is 0 Å². The highest BCUT2D eigenvalue weighted by atomic mass is 32.2. The van der Waals surface area contributed by atoms with Gasteiger partial charge in [-0.25, -0.2) is 0 Å². The van der Waals surface area contributed by atoms with Gasteiger partial charge in [0.2, 0.25) is 0 Å². The monoisotopic (exact) mass is 300 g/mol. The van der Waals surface area contributed by atoms with E-state index in [1.807, 2.05) is 0 Å². The molecule has 1 N–H and O–H groups in total. The third-order valence-corrected chi connectivity index (χ3v) is 5.76. The molecule has 118 valence electrons.